The molecule has 5 nitrogen and oxygen atoms in total. The number of anilines is 1. The van der Waals surface area contributed by atoms with E-state index in [1.54, 1.807) is 12.1 Å². The average molecular weight is 276 g/mol. The average Bonchev–Trinajstić information content (AvgIpc) is 2.88. The highest BCUT2D eigenvalue weighted by Crippen LogP contribution is 2.37. The van der Waals surface area contributed by atoms with E-state index in [1.807, 2.05) is 18.7 Å². The topological polar surface area (TPSA) is 61.8 Å². The molecule has 3 rings (SSSR count). The Labute approximate surface area is 118 Å². The van der Waals surface area contributed by atoms with Crippen molar-refractivity contribution in [3.63, 3.8) is 0 Å². The standard InChI is InChI=1S/C15H20N2O3/c1-3-20-14-11-5-4-8-17(11)15(19)10-7-6-9(2)13(18)12(10)16-14/h6-7,11,14,16,18H,3-5,8H2,1-2H3. The van der Waals surface area contributed by atoms with Gasteiger partial charge >= 0.3 is 0 Å². The summed E-state index contributed by atoms with van der Waals surface area (Å²) < 4.78 is 5.76. The Balaban J connectivity index is 2.09. The number of rotatable bonds is 2. The molecule has 1 amide bonds. The molecule has 0 aliphatic carbocycles. The molecule has 20 heavy (non-hydrogen) atoms. The van der Waals surface area contributed by atoms with E-state index in [4.69, 9.17) is 4.74 Å². The van der Waals surface area contributed by atoms with Crippen LogP contribution in [0.25, 0.3) is 0 Å². The molecule has 5 heteroatoms. The van der Waals surface area contributed by atoms with Gasteiger partial charge < -0.3 is 20.1 Å². The fraction of sp³-hybridized carbons (Fsp3) is 0.533. The first-order valence-corrected chi connectivity index (χ1v) is 7.15. The zero-order chi connectivity index (χ0) is 14.3. The lowest BCUT2D eigenvalue weighted by atomic mass is 10.1. The van der Waals surface area contributed by atoms with Gasteiger partial charge in [-0.1, -0.05) is 6.07 Å². The third-order valence-electron chi connectivity index (χ3n) is 4.15. The highest BCUT2D eigenvalue weighted by atomic mass is 16.5. The van der Waals surface area contributed by atoms with E-state index in [2.05, 4.69) is 5.32 Å². The molecule has 2 unspecified atom stereocenters. The molecule has 2 atom stereocenters. The third kappa shape index (κ3) is 1.93. The first-order valence-electron chi connectivity index (χ1n) is 7.15. The molecule has 0 bridgehead atoms. The Morgan fingerprint density at radius 3 is 3.05 bits per heavy atom. The number of aryl methyl sites for hydroxylation is 1. The summed E-state index contributed by atoms with van der Waals surface area (Å²) in [7, 11) is 0. The van der Waals surface area contributed by atoms with Crippen molar-refractivity contribution in [2.75, 3.05) is 18.5 Å². The molecule has 2 N–H and O–H groups in total. The van der Waals surface area contributed by atoms with Gasteiger partial charge in [0.05, 0.1) is 17.3 Å². The van der Waals surface area contributed by atoms with Crippen molar-refractivity contribution in [3.8, 4) is 5.75 Å². The van der Waals surface area contributed by atoms with Gasteiger partial charge in [-0.15, -0.1) is 0 Å². The predicted molar refractivity (Wildman–Crippen MR) is 75.9 cm³/mol. The lowest BCUT2D eigenvalue weighted by Gasteiger charge is -2.29. The minimum Gasteiger partial charge on any atom is -0.505 e. The van der Waals surface area contributed by atoms with Gasteiger partial charge in [0.25, 0.3) is 5.91 Å². The van der Waals surface area contributed by atoms with Crippen molar-refractivity contribution in [2.24, 2.45) is 0 Å². The maximum absolute atomic E-state index is 12.7. The Morgan fingerprint density at radius 2 is 2.30 bits per heavy atom. The molecule has 1 aromatic carbocycles. The second-order valence-electron chi connectivity index (χ2n) is 5.38. The summed E-state index contributed by atoms with van der Waals surface area (Å²) >= 11 is 0. The van der Waals surface area contributed by atoms with E-state index in [0.29, 0.717) is 17.9 Å². The van der Waals surface area contributed by atoms with Gasteiger partial charge in [0.1, 0.15) is 12.0 Å². The maximum atomic E-state index is 12.7. The van der Waals surface area contributed by atoms with Crippen molar-refractivity contribution < 1.29 is 14.6 Å². The van der Waals surface area contributed by atoms with Crippen LogP contribution < -0.4 is 5.32 Å². The summed E-state index contributed by atoms with van der Waals surface area (Å²) in [6.45, 7) is 5.08. The minimum atomic E-state index is -0.264. The van der Waals surface area contributed by atoms with Crippen LogP contribution in [0.4, 0.5) is 5.69 Å². The normalized spacial score (nSPS) is 24.9. The van der Waals surface area contributed by atoms with Gasteiger partial charge in [-0.25, -0.2) is 0 Å². The summed E-state index contributed by atoms with van der Waals surface area (Å²) in [5, 5.41) is 13.5. The fourth-order valence-electron chi connectivity index (χ4n) is 3.10. The quantitative estimate of drug-likeness (QED) is 0.812. The second-order valence-corrected chi connectivity index (χ2v) is 5.38. The summed E-state index contributed by atoms with van der Waals surface area (Å²) in [5.74, 6) is 0.120. The Bertz CT molecular complexity index is 544. The van der Waals surface area contributed by atoms with Crippen LogP contribution >= 0.6 is 0 Å². The number of fused-ring (bicyclic) bond motifs is 2. The molecule has 2 heterocycles. The number of hydrogen-bond donors (Lipinski definition) is 2. The highest BCUT2D eigenvalue weighted by Gasteiger charge is 2.40. The van der Waals surface area contributed by atoms with Gasteiger partial charge in [0.2, 0.25) is 0 Å². The van der Waals surface area contributed by atoms with E-state index in [9.17, 15) is 9.90 Å². The Hall–Kier alpha value is -1.75. The van der Waals surface area contributed by atoms with Crippen LogP contribution in [0.15, 0.2) is 12.1 Å². The number of phenolic OH excluding ortho intramolecular Hbond substituents is 1. The fourth-order valence-corrected chi connectivity index (χ4v) is 3.10. The number of benzene rings is 1. The van der Waals surface area contributed by atoms with Gasteiger partial charge in [-0.3, -0.25) is 4.79 Å². The summed E-state index contributed by atoms with van der Waals surface area (Å²) in [5.41, 5.74) is 1.78. The number of carbonyl (C=O) groups excluding carboxylic acids is 1. The van der Waals surface area contributed by atoms with Crippen LogP contribution in [-0.4, -0.2) is 41.3 Å². The number of aromatic hydroxyl groups is 1. The number of nitrogens with zero attached hydrogens (tertiary/aromatic N) is 1. The molecule has 1 aromatic rings. The monoisotopic (exact) mass is 276 g/mol. The van der Waals surface area contributed by atoms with Crippen LogP contribution in [0, 0.1) is 6.92 Å². The molecule has 108 valence electrons. The molecular weight excluding hydrogens is 256 g/mol. The number of phenols is 1. The van der Waals surface area contributed by atoms with E-state index in [-0.39, 0.29) is 23.9 Å². The molecular formula is C15H20N2O3. The highest BCUT2D eigenvalue weighted by molar-refractivity contribution is 6.02. The van der Waals surface area contributed by atoms with Crippen LogP contribution in [0.2, 0.25) is 0 Å². The van der Waals surface area contributed by atoms with Crippen LogP contribution in [0.1, 0.15) is 35.7 Å². The molecule has 1 fully saturated rings. The number of hydrogen-bond acceptors (Lipinski definition) is 4. The van der Waals surface area contributed by atoms with Gasteiger partial charge in [0, 0.05) is 13.2 Å². The summed E-state index contributed by atoms with van der Waals surface area (Å²) in [4.78, 5) is 14.5. The molecule has 0 saturated carbocycles. The summed E-state index contributed by atoms with van der Waals surface area (Å²) in [6.07, 6.45) is 1.66. The number of carbonyl (C=O) groups is 1. The van der Waals surface area contributed by atoms with E-state index in [1.165, 1.54) is 0 Å². The first-order chi connectivity index (χ1) is 9.63. The molecule has 0 aromatic heterocycles. The first kappa shape index (κ1) is 13.2. The molecule has 0 radical (unpaired) electrons. The van der Waals surface area contributed by atoms with Gasteiger partial charge in [0.15, 0.2) is 0 Å². The number of nitrogens with one attached hydrogen (secondary N) is 1. The predicted octanol–water partition coefficient (Wildman–Crippen LogP) is 2.09. The molecule has 2 aliphatic rings. The van der Waals surface area contributed by atoms with Crippen molar-refractivity contribution in [2.45, 2.75) is 39.0 Å². The molecule has 0 spiro atoms. The van der Waals surface area contributed by atoms with Crippen LogP contribution in [-0.2, 0) is 4.74 Å². The lowest BCUT2D eigenvalue weighted by Crippen LogP contribution is -2.44. The van der Waals surface area contributed by atoms with Crippen LogP contribution in [0.3, 0.4) is 0 Å². The molecule has 2 aliphatic heterocycles. The number of ether oxygens (including phenoxy) is 1. The van der Waals surface area contributed by atoms with Gasteiger partial charge in [-0.2, -0.15) is 0 Å². The van der Waals surface area contributed by atoms with Gasteiger partial charge in [-0.05, 0) is 38.3 Å². The summed E-state index contributed by atoms with van der Waals surface area (Å²) in [6, 6.07) is 3.60. The Morgan fingerprint density at radius 1 is 1.50 bits per heavy atom. The zero-order valence-corrected chi connectivity index (χ0v) is 11.8. The zero-order valence-electron chi connectivity index (χ0n) is 11.8. The maximum Gasteiger partial charge on any atom is 0.256 e. The van der Waals surface area contributed by atoms with Crippen molar-refractivity contribution in [1.82, 2.24) is 4.90 Å². The van der Waals surface area contributed by atoms with E-state index in [0.717, 1.165) is 24.9 Å². The van der Waals surface area contributed by atoms with E-state index >= 15 is 0 Å². The largest absolute Gasteiger partial charge is 0.505 e. The van der Waals surface area contributed by atoms with Crippen LogP contribution in [0.5, 0.6) is 5.75 Å². The number of amides is 1. The minimum absolute atomic E-state index is 0.0208. The second kappa shape index (κ2) is 4.98. The van der Waals surface area contributed by atoms with E-state index < -0.39 is 0 Å². The SMILES string of the molecule is CCOC1Nc2c(ccc(C)c2O)C(=O)N2CCCC12. The van der Waals surface area contributed by atoms with Crippen molar-refractivity contribution in [3.05, 3.63) is 23.3 Å². The smallest absolute Gasteiger partial charge is 0.256 e. The van der Waals surface area contributed by atoms with Crippen molar-refractivity contribution >= 4 is 11.6 Å². The third-order valence-corrected chi connectivity index (χ3v) is 4.15. The molecule has 1 saturated heterocycles. The lowest BCUT2D eigenvalue weighted by molar-refractivity contribution is 0.0232. The Kier molecular flexibility index (Phi) is 3.30. The van der Waals surface area contributed by atoms with Crippen molar-refractivity contribution in [1.29, 1.82) is 0 Å².